The van der Waals surface area contributed by atoms with E-state index in [-0.39, 0.29) is 11.5 Å². The molecule has 0 aliphatic heterocycles. The highest BCUT2D eigenvalue weighted by molar-refractivity contribution is 5.53. The number of hydrogen-bond acceptors (Lipinski definition) is 3. The maximum atomic E-state index is 12.9. The highest BCUT2D eigenvalue weighted by Gasteiger charge is 2.34. The largest absolute Gasteiger partial charge is 0.573 e. The van der Waals surface area contributed by atoms with Gasteiger partial charge in [0.1, 0.15) is 5.75 Å². The van der Waals surface area contributed by atoms with Crippen molar-refractivity contribution >= 4 is 0 Å². The molecule has 0 amide bonds. The van der Waals surface area contributed by atoms with Crippen molar-refractivity contribution in [3.63, 3.8) is 0 Å². The number of halogens is 3. The van der Waals surface area contributed by atoms with Crippen LogP contribution in [0, 0.1) is 18.8 Å². The Labute approximate surface area is 152 Å². The van der Waals surface area contributed by atoms with Crippen molar-refractivity contribution in [2.24, 2.45) is 11.8 Å². The molecule has 2 saturated carbocycles. The van der Waals surface area contributed by atoms with E-state index in [9.17, 15) is 13.2 Å². The van der Waals surface area contributed by atoms with Crippen LogP contribution in [0.5, 0.6) is 17.2 Å². The number of alkyl halides is 3. The van der Waals surface area contributed by atoms with E-state index in [4.69, 9.17) is 9.47 Å². The molecular weight excluding hydrogens is 345 g/mol. The fourth-order valence-corrected chi connectivity index (χ4v) is 3.66. The lowest BCUT2D eigenvalue weighted by atomic mass is 9.83. The Bertz CT molecular complexity index is 591. The summed E-state index contributed by atoms with van der Waals surface area (Å²) in [6.45, 7) is 2.52. The molecule has 146 valence electrons. The van der Waals surface area contributed by atoms with Crippen LogP contribution >= 0.6 is 0 Å². The predicted octanol–water partition coefficient (Wildman–Crippen LogP) is 6.03. The molecule has 2 aliphatic carbocycles. The van der Waals surface area contributed by atoms with Crippen molar-refractivity contribution in [3.05, 3.63) is 17.7 Å². The normalized spacial score (nSPS) is 18.6. The first-order valence-electron chi connectivity index (χ1n) is 9.57. The molecule has 1 aromatic rings. The molecule has 0 heterocycles. The van der Waals surface area contributed by atoms with E-state index in [0.717, 1.165) is 32.1 Å². The Morgan fingerprint density at radius 3 is 2.19 bits per heavy atom. The number of hydrogen-bond donors (Lipinski definition) is 0. The summed E-state index contributed by atoms with van der Waals surface area (Å²) in [6, 6.07) is 3.21. The lowest BCUT2D eigenvalue weighted by Gasteiger charge is -2.25. The van der Waals surface area contributed by atoms with Gasteiger partial charge in [-0.2, -0.15) is 0 Å². The molecule has 2 aliphatic rings. The molecule has 0 aromatic heterocycles. The summed E-state index contributed by atoms with van der Waals surface area (Å²) in [5.41, 5.74) is 0.333. The first kappa shape index (κ1) is 19.2. The minimum Gasteiger partial charge on any atom is -0.493 e. The minimum absolute atomic E-state index is 0.137. The van der Waals surface area contributed by atoms with Gasteiger partial charge in [-0.3, -0.25) is 0 Å². The van der Waals surface area contributed by atoms with Crippen LogP contribution in [-0.2, 0) is 0 Å². The molecule has 6 heteroatoms. The smallest absolute Gasteiger partial charge is 0.493 e. The van der Waals surface area contributed by atoms with Crippen LogP contribution < -0.4 is 14.2 Å². The zero-order valence-corrected chi connectivity index (χ0v) is 15.2. The van der Waals surface area contributed by atoms with Gasteiger partial charge in [0.2, 0.25) is 0 Å². The van der Waals surface area contributed by atoms with Crippen molar-refractivity contribution < 1.29 is 27.4 Å². The highest BCUT2D eigenvalue weighted by atomic mass is 19.4. The van der Waals surface area contributed by atoms with Crippen molar-refractivity contribution in [2.75, 3.05) is 13.2 Å². The summed E-state index contributed by atoms with van der Waals surface area (Å²) in [7, 11) is 0. The first-order valence-corrected chi connectivity index (χ1v) is 9.57. The zero-order valence-electron chi connectivity index (χ0n) is 15.2. The summed E-state index contributed by atoms with van der Waals surface area (Å²) in [5.74, 6) is 1.38. The minimum atomic E-state index is -4.76. The Hall–Kier alpha value is -1.59. The van der Waals surface area contributed by atoms with Crippen molar-refractivity contribution in [1.82, 2.24) is 0 Å². The van der Waals surface area contributed by atoms with Gasteiger partial charge in [-0.15, -0.1) is 13.2 Å². The van der Waals surface area contributed by atoms with Crippen LogP contribution in [0.1, 0.15) is 56.9 Å². The van der Waals surface area contributed by atoms with Gasteiger partial charge >= 0.3 is 6.36 Å². The standard InChI is InChI=1S/C20H27F3O3/c1-14-17(24-12-11-15-7-4-8-15)9-10-18(19(14)26-20(21,22)23)25-13-16-5-2-3-6-16/h9-10,15-16H,2-8,11-13H2,1H3. The van der Waals surface area contributed by atoms with E-state index < -0.39 is 6.36 Å². The van der Waals surface area contributed by atoms with Crippen LogP contribution in [0.25, 0.3) is 0 Å². The molecule has 0 bridgehead atoms. The van der Waals surface area contributed by atoms with Gasteiger partial charge < -0.3 is 14.2 Å². The molecule has 0 atom stereocenters. The van der Waals surface area contributed by atoms with Gasteiger partial charge in [0.25, 0.3) is 0 Å². The Morgan fingerprint density at radius 1 is 0.923 bits per heavy atom. The highest BCUT2D eigenvalue weighted by Crippen LogP contribution is 2.41. The lowest BCUT2D eigenvalue weighted by Crippen LogP contribution is -2.19. The predicted molar refractivity (Wildman–Crippen MR) is 92.8 cm³/mol. The molecule has 0 saturated heterocycles. The van der Waals surface area contributed by atoms with Gasteiger partial charge in [-0.05, 0) is 50.2 Å². The second-order valence-electron chi connectivity index (χ2n) is 7.46. The van der Waals surface area contributed by atoms with Crippen LogP contribution in [0.3, 0.4) is 0 Å². The monoisotopic (exact) mass is 372 g/mol. The number of ether oxygens (including phenoxy) is 3. The van der Waals surface area contributed by atoms with Gasteiger partial charge in [0.05, 0.1) is 13.2 Å². The maximum Gasteiger partial charge on any atom is 0.573 e. The van der Waals surface area contributed by atoms with Crippen molar-refractivity contribution in [1.29, 1.82) is 0 Å². The summed E-state index contributed by atoms with van der Waals surface area (Å²) in [6.07, 6.45) is 4.33. The third kappa shape index (κ3) is 5.21. The summed E-state index contributed by atoms with van der Waals surface area (Å²) >= 11 is 0. The van der Waals surface area contributed by atoms with Crippen molar-refractivity contribution in [3.8, 4) is 17.2 Å². The summed E-state index contributed by atoms with van der Waals surface area (Å²) < 4.78 is 54.3. The summed E-state index contributed by atoms with van der Waals surface area (Å²) in [4.78, 5) is 0. The topological polar surface area (TPSA) is 27.7 Å². The summed E-state index contributed by atoms with van der Waals surface area (Å²) in [5, 5.41) is 0. The number of rotatable bonds is 8. The third-order valence-corrected chi connectivity index (χ3v) is 5.50. The Balaban J connectivity index is 1.68. The quantitative estimate of drug-likeness (QED) is 0.557. The SMILES string of the molecule is Cc1c(OCCC2CCC2)ccc(OCC2CCCC2)c1OC(F)(F)F. The fraction of sp³-hybridized carbons (Fsp3) is 0.700. The van der Waals surface area contributed by atoms with E-state index in [1.165, 1.54) is 25.3 Å². The molecule has 0 spiro atoms. The average molecular weight is 372 g/mol. The lowest BCUT2D eigenvalue weighted by molar-refractivity contribution is -0.275. The van der Waals surface area contributed by atoms with Gasteiger partial charge in [0.15, 0.2) is 11.5 Å². The molecule has 0 radical (unpaired) electrons. The van der Waals surface area contributed by atoms with E-state index in [1.807, 2.05) is 0 Å². The molecule has 3 nitrogen and oxygen atoms in total. The molecule has 2 fully saturated rings. The van der Waals surface area contributed by atoms with E-state index >= 15 is 0 Å². The van der Waals surface area contributed by atoms with E-state index in [1.54, 1.807) is 13.0 Å². The van der Waals surface area contributed by atoms with Crippen LogP contribution in [0.15, 0.2) is 12.1 Å². The molecule has 0 unspecified atom stereocenters. The fourth-order valence-electron chi connectivity index (χ4n) is 3.66. The van der Waals surface area contributed by atoms with E-state index in [2.05, 4.69) is 4.74 Å². The van der Waals surface area contributed by atoms with Crippen LogP contribution in [0.4, 0.5) is 13.2 Å². The average Bonchev–Trinajstić information content (AvgIpc) is 3.04. The van der Waals surface area contributed by atoms with E-state index in [0.29, 0.717) is 36.4 Å². The molecule has 26 heavy (non-hydrogen) atoms. The van der Waals surface area contributed by atoms with Gasteiger partial charge in [-0.1, -0.05) is 32.1 Å². The first-order chi connectivity index (χ1) is 12.4. The number of benzene rings is 1. The second kappa shape index (κ2) is 8.40. The van der Waals surface area contributed by atoms with Crippen LogP contribution in [-0.4, -0.2) is 19.6 Å². The molecule has 0 N–H and O–H groups in total. The van der Waals surface area contributed by atoms with Crippen LogP contribution in [0.2, 0.25) is 0 Å². The van der Waals surface area contributed by atoms with Gasteiger partial charge in [0, 0.05) is 5.56 Å². The van der Waals surface area contributed by atoms with Gasteiger partial charge in [-0.25, -0.2) is 0 Å². The molecular formula is C20H27F3O3. The third-order valence-electron chi connectivity index (χ3n) is 5.50. The Morgan fingerprint density at radius 2 is 1.58 bits per heavy atom. The zero-order chi connectivity index (χ0) is 18.6. The van der Waals surface area contributed by atoms with Crippen molar-refractivity contribution in [2.45, 2.75) is 64.7 Å². The maximum absolute atomic E-state index is 12.9. The Kier molecular flexibility index (Phi) is 6.20. The second-order valence-corrected chi connectivity index (χ2v) is 7.46. The molecule has 3 rings (SSSR count). The molecule has 1 aromatic carbocycles.